The summed E-state index contributed by atoms with van der Waals surface area (Å²) in [5, 5.41) is 0. The average Bonchev–Trinajstić information content (AvgIpc) is 3.60. The number of ether oxygens (including phenoxy) is 4. The molecule has 11 heteroatoms. The molecule has 7 unspecified atom stereocenters. The molecule has 1 aliphatic heterocycles. The minimum absolute atomic E-state index is 0.00625. The summed E-state index contributed by atoms with van der Waals surface area (Å²) in [6, 6.07) is 9.77. The van der Waals surface area contributed by atoms with Gasteiger partial charge in [-0.1, -0.05) is 95.5 Å². The quantitative estimate of drug-likeness (QED) is 0.0733. The third kappa shape index (κ3) is 10.6. The Kier molecular flexibility index (Phi) is 15.0. The van der Waals surface area contributed by atoms with E-state index in [1.807, 2.05) is 43.4 Å². The van der Waals surface area contributed by atoms with E-state index in [1.54, 1.807) is 5.57 Å². The summed E-state index contributed by atoms with van der Waals surface area (Å²) in [5.41, 5.74) is 1.06. The average molecular weight is 841 g/mol. The van der Waals surface area contributed by atoms with Crippen LogP contribution in [-0.4, -0.2) is 69.0 Å². The molecule has 1 aromatic carbocycles. The Morgan fingerprint density at radius 1 is 0.897 bits per heavy atom. The SMILES string of the molecule is CC(=O)OCC1O[C@@H](Sc2ccccc2)C(O[Si](C)(C)OC2CC[C@@]3(C)C(=CCC4C5CC[C@H]([C@H](C)CCCC(C)C)C5[C@H](C)CC43)C2)[C@@H](OC(C)=O)[C@@H]1OC(C)=O. The summed E-state index contributed by atoms with van der Waals surface area (Å²) in [7, 11) is -2.97. The summed E-state index contributed by atoms with van der Waals surface area (Å²) in [6.07, 6.45) is 11.2. The fraction of sp³-hybridized carbons (Fsp3) is 0.766. The molecule has 324 valence electrons. The van der Waals surface area contributed by atoms with Gasteiger partial charge >= 0.3 is 26.5 Å². The fourth-order valence-corrected chi connectivity index (χ4v) is 15.3. The highest BCUT2D eigenvalue weighted by molar-refractivity contribution is 7.99. The van der Waals surface area contributed by atoms with Crippen LogP contribution in [0.3, 0.4) is 0 Å². The van der Waals surface area contributed by atoms with E-state index in [2.05, 4.69) is 40.7 Å². The molecular formula is C47H72O9SSi. The van der Waals surface area contributed by atoms with Gasteiger partial charge in [-0.3, -0.25) is 14.4 Å². The van der Waals surface area contributed by atoms with Crippen molar-refractivity contribution < 1.29 is 42.2 Å². The van der Waals surface area contributed by atoms with Gasteiger partial charge in [-0.15, -0.1) is 0 Å². The molecule has 5 aliphatic rings. The molecule has 6 rings (SSSR count). The molecule has 0 N–H and O–H groups in total. The highest BCUT2D eigenvalue weighted by atomic mass is 32.2. The van der Waals surface area contributed by atoms with Crippen molar-refractivity contribution in [3.05, 3.63) is 42.0 Å². The number of carbonyl (C=O) groups excluding carboxylic acids is 3. The van der Waals surface area contributed by atoms with Gasteiger partial charge in [0.05, 0.1) is 6.10 Å². The molecule has 0 aromatic heterocycles. The summed E-state index contributed by atoms with van der Waals surface area (Å²) in [6.45, 7) is 20.2. The number of benzene rings is 1. The molecule has 1 saturated heterocycles. The van der Waals surface area contributed by atoms with Gasteiger partial charge in [0.15, 0.2) is 12.2 Å². The lowest BCUT2D eigenvalue weighted by atomic mass is 9.48. The van der Waals surface area contributed by atoms with Crippen LogP contribution in [0.1, 0.15) is 120 Å². The van der Waals surface area contributed by atoms with Crippen LogP contribution >= 0.6 is 11.8 Å². The van der Waals surface area contributed by atoms with Crippen LogP contribution < -0.4 is 0 Å². The van der Waals surface area contributed by atoms with Crippen LogP contribution in [0.2, 0.25) is 13.1 Å². The first-order valence-electron chi connectivity index (χ1n) is 22.4. The topological polar surface area (TPSA) is 107 Å². The number of hydrogen-bond acceptors (Lipinski definition) is 10. The maximum absolute atomic E-state index is 12.7. The minimum atomic E-state index is -2.97. The number of esters is 3. The molecular weight excluding hydrogens is 769 g/mol. The van der Waals surface area contributed by atoms with Gasteiger partial charge in [0.2, 0.25) is 0 Å². The predicted octanol–water partition coefficient (Wildman–Crippen LogP) is 10.3. The molecule has 9 nitrogen and oxygen atoms in total. The molecule has 0 radical (unpaired) electrons. The van der Waals surface area contributed by atoms with Crippen molar-refractivity contribution in [2.24, 2.45) is 52.8 Å². The third-order valence-corrected chi connectivity index (χ3v) is 17.4. The maximum Gasteiger partial charge on any atom is 0.332 e. The summed E-state index contributed by atoms with van der Waals surface area (Å²) >= 11 is 1.42. The first kappa shape index (κ1) is 45.3. The molecule has 0 bridgehead atoms. The van der Waals surface area contributed by atoms with Crippen LogP contribution in [0.25, 0.3) is 0 Å². The summed E-state index contributed by atoms with van der Waals surface area (Å²) in [5.74, 6) is 4.88. The van der Waals surface area contributed by atoms with Crippen molar-refractivity contribution >= 4 is 38.2 Å². The molecule has 14 atom stereocenters. The first-order valence-corrected chi connectivity index (χ1v) is 26.1. The Balaban J connectivity index is 1.18. The molecule has 4 aliphatic carbocycles. The van der Waals surface area contributed by atoms with E-state index in [0.29, 0.717) is 0 Å². The molecule has 58 heavy (non-hydrogen) atoms. The second-order valence-electron chi connectivity index (χ2n) is 19.5. The number of allylic oxidation sites excluding steroid dienone is 1. The van der Waals surface area contributed by atoms with Crippen molar-refractivity contribution in [1.29, 1.82) is 0 Å². The van der Waals surface area contributed by atoms with Crippen LogP contribution in [0.5, 0.6) is 0 Å². The number of fused-ring (bicyclic) bond motifs is 5. The van der Waals surface area contributed by atoms with Crippen molar-refractivity contribution in [1.82, 2.24) is 0 Å². The molecule has 1 aromatic rings. The second-order valence-corrected chi connectivity index (χ2v) is 24.0. The number of carbonyl (C=O) groups is 3. The van der Waals surface area contributed by atoms with Crippen LogP contribution in [0.4, 0.5) is 0 Å². The number of hydrogen-bond donors (Lipinski definition) is 0. The van der Waals surface area contributed by atoms with Crippen molar-refractivity contribution in [3.8, 4) is 0 Å². The van der Waals surface area contributed by atoms with Crippen LogP contribution in [0, 0.1) is 52.8 Å². The first-order chi connectivity index (χ1) is 27.5. The van der Waals surface area contributed by atoms with Gasteiger partial charge in [-0.05, 0) is 123 Å². The van der Waals surface area contributed by atoms with E-state index in [0.717, 1.165) is 71.5 Å². The lowest BCUT2D eigenvalue weighted by molar-refractivity contribution is -0.230. The van der Waals surface area contributed by atoms with Crippen molar-refractivity contribution in [3.63, 3.8) is 0 Å². The Hall–Kier alpha value is -2.18. The van der Waals surface area contributed by atoms with Gasteiger partial charge in [0.1, 0.15) is 24.3 Å². The van der Waals surface area contributed by atoms with Gasteiger partial charge in [0, 0.05) is 25.7 Å². The van der Waals surface area contributed by atoms with Gasteiger partial charge in [-0.2, -0.15) is 0 Å². The smallest absolute Gasteiger partial charge is 0.332 e. The molecule has 3 saturated carbocycles. The Bertz CT molecular complexity index is 1600. The summed E-state index contributed by atoms with van der Waals surface area (Å²) in [4.78, 5) is 37.9. The predicted molar refractivity (Wildman–Crippen MR) is 229 cm³/mol. The van der Waals surface area contributed by atoms with Crippen LogP contribution in [0.15, 0.2) is 46.9 Å². The van der Waals surface area contributed by atoms with Crippen LogP contribution in [-0.2, 0) is 42.2 Å². The Morgan fingerprint density at radius 3 is 2.28 bits per heavy atom. The normalized spacial score (nSPS) is 36.5. The minimum Gasteiger partial charge on any atom is -0.463 e. The van der Waals surface area contributed by atoms with E-state index >= 15 is 0 Å². The van der Waals surface area contributed by atoms with E-state index in [4.69, 9.17) is 27.8 Å². The van der Waals surface area contributed by atoms with Gasteiger partial charge < -0.3 is 27.8 Å². The standard InChI is InChI=1S/C47H72O9SSi/c1-28(2)15-14-16-29(3)37-21-22-39-38-20-19-34-26-35(23-24-47(34,8)40(38)25-30(4)42(37)39)55-58(9,10)56-45-44(53-33(7)50)43(52-32(6)49)41(27-51-31(5)48)54-46(45)57-36-17-12-11-13-18-36/h11-13,17-19,28-30,35,37-46H,14-16,20-27H2,1-10H3/t29-,30-,35?,37-,38?,39?,40?,41?,42?,43-,44+,45?,46+,47+/m1/s1. The molecule has 0 amide bonds. The number of thioether (sulfide) groups is 1. The Labute approximate surface area is 354 Å². The third-order valence-electron chi connectivity index (χ3n) is 14.5. The largest absolute Gasteiger partial charge is 0.463 e. The monoisotopic (exact) mass is 840 g/mol. The van der Waals surface area contributed by atoms with Crippen molar-refractivity contribution in [2.45, 2.75) is 174 Å². The van der Waals surface area contributed by atoms with E-state index in [9.17, 15) is 14.4 Å². The second kappa shape index (κ2) is 19.2. The summed E-state index contributed by atoms with van der Waals surface area (Å²) < 4.78 is 37.7. The highest BCUT2D eigenvalue weighted by Crippen LogP contribution is 2.64. The zero-order chi connectivity index (χ0) is 41.9. The van der Waals surface area contributed by atoms with E-state index < -0.39 is 56.3 Å². The lowest BCUT2D eigenvalue weighted by Crippen LogP contribution is -2.63. The fourth-order valence-electron chi connectivity index (χ4n) is 12.1. The highest BCUT2D eigenvalue weighted by Gasteiger charge is 2.58. The Morgan fingerprint density at radius 2 is 1.60 bits per heavy atom. The zero-order valence-electron chi connectivity index (χ0n) is 36.9. The zero-order valence-corrected chi connectivity index (χ0v) is 38.7. The van der Waals surface area contributed by atoms with Gasteiger partial charge in [0.25, 0.3) is 0 Å². The van der Waals surface area contributed by atoms with Crippen molar-refractivity contribution in [2.75, 3.05) is 6.61 Å². The maximum atomic E-state index is 12.7. The number of rotatable bonds is 15. The molecule has 1 heterocycles. The van der Waals surface area contributed by atoms with E-state index in [-0.39, 0.29) is 18.1 Å². The van der Waals surface area contributed by atoms with E-state index in [1.165, 1.54) is 77.5 Å². The lowest BCUT2D eigenvalue weighted by Gasteiger charge is -2.57. The molecule has 4 fully saturated rings. The molecule has 0 spiro atoms. The van der Waals surface area contributed by atoms with Gasteiger partial charge in [-0.25, -0.2) is 0 Å².